The average molecular weight is 565 g/mol. The summed E-state index contributed by atoms with van der Waals surface area (Å²) >= 11 is 0. The van der Waals surface area contributed by atoms with Crippen molar-refractivity contribution in [3.63, 3.8) is 0 Å². The lowest BCUT2D eigenvalue weighted by molar-refractivity contribution is -0.136. The minimum atomic E-state index is -1.13. The maximum Gasteiger partial charge on any atom is 0.408 e. The number of anilines is 1. The molecular weight excluding hydrogens is 528 g/mol. The molecule has 0 spiro atoms. The van der Waals surface area contributed by atoms with E-state index in [9.17, 15) is 14.4 Å². The standard InChI is InChI=1S/C28H36N8O5/c1-28(2,3)41-27(39)33-21(14-23(29)37)25(38)34-13-10-18-6-4-8-22(20(18)15-34)40-16-19-7-5-12-35(19)24-9-11-30-26-31-17-32-36(24)26/h4,6,8-9,11,17,19,21H,5,7,10,12-16H2,1-3H3,(H2,29,37)(H,33,39). The first-order valence-corrected chi connectivity index (χ1v) is 13.8. The number of nitrogens with one attached hydrogen (secondary N) is 1. The quantitative estimate of drug-likeness (QED) is 0.416. The van der Waals surface area contributed by atoms with E-state index in [1.54, 1.807) is 36.4 Å². The zero-order valence-electron chi connectivity index (χ0n) is 23.6. The summed E-state index contributed by atoms with van der Waals surface area (Å²) in [6.07, 6.45) is 4.72. The Hall–Kier alpha value is -4.42. The van der Waals surface area contributed by atoms with Crippen LogP contribution >= 0.6 is 0 Å². The molecule has 2 aromatic heterocycles. The third-order valence-electron chi connectivity index (χ3n) is 7.20. The van der Waals surface area contributed by atoms with Crippen molar-refractivity contribution < 1.29 is 23.9 Å². The zero-order valence-corrected chi connectivity index (χ0v) is 23.6. The van der Waals surface area contributed by atoms with Crippen LogP contribution in [-0.2, 0) is 27.3 Å². The number of aromatic nitrogens is 4. The van der Waals surface area contributed by atoms with E-state index in [0.717, 1.165) is 36.3 Å². The van der Waals surface area contributed by atoms with Gasteiger partial charge in [-0.2, -0.15) is 14.6 Å². The maximum atomic E-state index is 13.5. The topological polar surface area (TPSA) is 157 Å². The molecule has 13 nitrogen and oxygen atoms in total. The van der Waals surface area contributed by atoms with Crippen LogP contribution in [0.15, 0.2) is 36.8 Å². The summed E-state index contributed by atoms with van der Waals surface area (Å²) in [6, 6.07) is 6.83. The number of hydrogen-bond acceptors (Lipinski definition) is 9. The molecule has 3 aromatic rings. The lowest BCUT2D eigenvalue weighted by Crippen LogP contribution is -2.52. The number of amides is 3. The number of hydrogen-bond donors (Lipinski definition) is 2. The van der Waals surface area contributed by atoms with Gasteiger partial charge < -0.3 is 30.3 Å². The van der Waals surface area contributed by atoms with E-state index in [4.69, 9.17) is 15.2 Å². The second-order valence-electron chi connectivity index (χ2n) is 11.3. The third-order valence-corrected chi connectivity index (χ3v) is 7.20. The first-order chi connectivity index (χ1) is 19.6. The lowest BCUT2D eigenvalue weighted by Gasteiger charge is -2.33. The van der Waals surface area contributed by atoms with Crippen molar-refractivity contribution in [2.24, 2.45) is 5.73 Å². The smallest absolute Gasteiger partial charge is 0.408 e. The number of benzene rings is 1. The molecule has 0 radical (unpaired) electrons. The van der Waals surface area contributed by atoms with Crippen molar-refractivity contribution in [2.45, 2.75) is 70.7 Å². The molecular formula is C28H36N8O5. The Labute approximate surface area is 238 Å². The van der Waals surface area contributed by atoms with Crippen molar-refractivity contribution in [1.29, 1.82) is 0 Å². The molecule has 5 rings (SSSR count). The number of nitrogens with zero attached hydrogens (tertiary/aromatic N) is 6. The second kappa shape index (κ2) is 11.6. The van der Waals surface area contributed by atoms with Gasteiger partial charge in [0.15, 0.2) is 0 Å². The van der Waals surface area contributed by atoms with Crippen LogP contribution in [-0.4, -0.2) is 79.8 Å². The molecule has 2 aliphatic heterocycles. The number of alkyl carbamates (subject to hydrolysis) is 1. The highest BCUT2D eigenvalue weighted by molar-refractivity contribution is 5.90. The van der Waals surface area contributed by atoms with Gasteiger partial charge in [0.1, 0.15) is 36.1 Å². The molecule has 2 atom stereocenters. The highest BCUT2D eigenvalue weighted by Crippen LogP contribution is 2.31. The highest BCUT2D eigenvalue weighted by Gasteiger charge is 2.33. The van der Waals surface area contributed by atoms with Crippen LogP contribution in [0.4, 0.5) is 10.6 Å². The highest BCUT2D eigenvalue weighted by atomic mass is 16.6. The van der Waals surface area contributed by atoms with Gasteiger partial charge in [-0.25, -0.2) is 9.78 Å². The van der Waals surface area contributed by atoms with E-state index < -0.39 is 29.6 Å². The molecule has 0 bridgehead atoms. The monoisotopic (exact) mass is 564 g/mol. The largest absolute Gasteiger partial charge is 0.491 e. The second-order valence-corrected chi connectivity index (χ2v) is 11.3. The van der Waals surface area contributed by atoms with Crippen LogP contribution in [0.3, 0.4) is 0 Å². The fraction of sp³-hybridized carbons (Fsp3) is 0.500. The summed E-state index contributed by atoms with van der Waals surface area (Å²) in [5.74, 6) is 1.08. The molecule has 1 aromatic carbocycles. The van der Waals surface area contributed by atoms with Gasteiger partial charge in [-0.3, -0.25) is 9.59 Å². The van der Waals surface area contributed by atoms with Gasteiger partial charge in [0.2, 0.25) is 11.8 Å². The number of rotatable bonds is 8. The van der Waals surface area contributed by atoms with Gasteiger partial charge in [-0.05, 0) is 57.7 Å². The van der Waals surface area contributed by atoms with Crippen molar-refractivity contribution >= 4 is 29.5 Å². The number of primary amides is 1. The predicted octanol–water partition coefficient (Wildman–Crippen LogP) is 1.83. The maximum absolute atomic E-state index is 13.5. The molecule has 1 fully saturated rings. The van der Waals surface area contributed by atoms with Crippen molar-refractivity contribution in [3.8, 4) is 5.75 Å². The SMILES string of the molecule is CC(C)(C)OC(=O)NC(CC(N)=O)C(=O)N1CCc2cccc(OCC3CCCN3c3ccnc4ncnn34)c2C1. The van der Waals surface area contributed by atoms with Crippen LogP contribution in [0.1, 0.15) is 51.2 Å². The van der Waals surface area contributed by atoms with Crippen LogP contribution in [0.2, 0.25) is 0 Å². The minimum Gasteiger partial charge on any atom is -0.491 e. The van der Waals surface area contributed by atoms with Gasteiger partial charge in [0, 0.05) is 31.4 Å². The molecule has 2 unspecified atom stereocenters. The summed E-state index contributed by atoms with van der Waals surface area (Å²) in [6.45, 7) is 7.20. The fourth-order valence-electron chi connectivity index (χ4n) is 5.39. The summed E-state index contributed by atoms with van der Waals surface area (Å²) < 4.78 is 13.4. The van der Waals surface area contributed by atoms with Gasteiger partial charge in [-0.15, -0.1) is 0 Å². The molecule has 13 heteroatoms. The first kappa shape index (κ1) is 28.1. The van der Waals surface area contributed by atoms with Crippen LogP contribution < -0.4 is 20.7 Å². The molecule has 1 saturated heterocycles. The Bertz CT molecular complexity index is 1430. The van der Waals surface area contributed by atoms with E-state index in [2.05, 4.69) is 25.3 Å². The van der Waals surface area contributed by atoms with Gasteiger partial charge in [-0.1, -0.05) is 12.1 Å². The summed E-state index contributed by atoms with van der Waals surface area (Å²) in [4.78, 5) is 50.0. The van der Waals surface area contributed by atoms with Crippen molar-refractivity contribution in [2.75, 3.05) is 24.6 Å². The molecule has 3 N–H and O–H groups in total. The van der Waals surface area contributed by atoms with Crippen molar-refractivity contribution in [1.82, 2.24) is 29.8 Å². The van der Waals surface area contributed by atoms with Crippen LogP contribution in [0, 0.1) is 0 Å². The van der Waals surface area contributed by atoms with Gasteiger partial charge in [0.05, 0.1) is 12.5 Å². The molecule has 4 heterocycles. The molecule has 41 heavy (non-hydrogen) atoms. The number of fused-ring (bicyclic) bond motifs is 2. The number of ether oxygens (including phenoxy) is 2. The predicted molar refractivity (Wildman–Crippen MR) is 149 cm³/mol. The van der Waals surface area contributed by atoms with E-state index >= 15 is 0 Å². The minimum absolute atomic E-state index is 0.125. The van der Waals surface area contributed by atoms with E-state index in [1.807, 2.05) is 24.3 Å². The Morgan fingerprint density at radius 3 is 2.78 bits per heavy atom. The van der Waals surface area contributed by atoms with Gasteiger partial charge >= 0.3 is 6.09 Å². The Kier molecular flexibility index (Phi) is 7.95. The number of nitrogens with two attached hydrogens (primary N) is 1. The Morgan fingerprint density at radius 2 is 2.00 bits per heavy atom. The summed E-state index contributed by atoms with van der Waals surface area (Å²) in [5.41, 5.74) is 6.66. The van der Waals surface area contributed by atoms with E-state index in [0.29, 0.717) is 31.1 Å². The molecule has 3 amide bonds. The van der Waals surface area contributed by atoms with Gasteiger partial charge in [0.25, 0.3) is 5.78 Å². The fourth-order valence-corrected chi connectivity index (χ4v) is 5.39. The number of carbonyl (C=O) groups excluding carboxylic acids is 3. The first-order valence-electron chi connectivity index (χ1n) is 13.8. The lowest BCUT2D eigenvalue weighted by atomic mass is 9.98. The van der Waals surface area contributed by atoms with Crippen LogP contribution in [0.5, 0.6) is 5.75 Å². The third kappa shape index (κ3) is 6.50. The molecule has 2 aliphatic rings. The number of carbonyl (C=O) groups is 3. The zero-order chi connectivity index (χ0) is 29.1. The molecule has 0 saturated carbocycles. The molecule has 218 valence electrons. The Morgan fingerprint density at radius 1 is 1.17 bits per heavy atom. The average Bonchev–Trinajstić information content (AvgIpc) is 3.59. The molecule has 0 aliphatic carbocycles. The summed E-state index contributed by atoms with van der Waals surface area (Å²) in [5, 5.41) is 6.85. The van der Waals surface area contributed by atoms with E-state index in [-0.39, 0.29) is 19.0 Å². The summed E-state index contributed by atoms with van der Waals surface area (Å²) in [7, 11) is 0. The van der Waals surface area contributed by atoms with Crippen molar-refractivity contribution in [3.05, 3.63) is 47.9 Å². The van der Waals surface area contributed by atoms with E-state index in [1.165, 1.54) is 6.33 Å². The normalized spacial score (nSPS) is 17.7. The Balaban J connectivity index is 1.28. The van der Waals surface area contributed by atoms with Crippen LogP contribution in [0.25, 0.3) is 5.78 Å².